The number of Topliss-reactive ketones (excluding diaryl/α,β-unsaturated/α-hetero) is 1. The summed E-state index contributed by atoms with van der Waals surface area (Å²) in [4.78, 5) is 64.4. The van der Waals surface area contributed by atoms with E-state index in [2.05, 4.69) is 30.3 Å². The van der Waals surface area contributed by atoms with E-state index >= 15 is 0 Å². The Balaban J connectivity index is 2.37. The topological polar surface area (TPSA) is 179 Å². The minimum atomic E-state index is -2.01. The molecule has 2 rings (SSSR count). The van der Waals surface area contributed by atoms with Crippen molar-refractivity contribution in [1.29, 1.82) is 0 Å². The third-order valence-corrected chi connectivity index (χ3v) is 4.84. The molecule has 0 bridgehead atoms. The van der Waals surface area contributed by atoms with E-state index in [9.17, 15) is 29.3 Å². The SMILES string of the molecule is COC(=O)/C(=N\NC(C)(C)C)[C@H](C(=O)OC)C(=O)C(=O)Nc1nc2ccc([N+](=O)[O-])cc2s1. The molecule has 2 aromatic rings. The third-order valence-electron chi connectivity index (χ3n) is 3.91. The van der Waals surface area contributed by atoms with Crippen LogP contribution >= 0.6 is 11.3 Å². The second-order valence-corrected chi connectivity index (χ2v) is 8.58. The van der Waals surface area contributed by atoms with Crippen LogP contribution in [0.25, 0.3) is 10.2 Å². The number of nitrogens with one attached hydrogen (secondary N) is 2. The van der Waals surface area contributed by atoms with E-state index in [1.807, 2.05) is 0 Å². The standard InChI is InChI=1S/C19H21N5O8S/c1-19(2,3)23-22-13(17(28)32-5)12(16(27)31-4)14(25)15(26)21-18-20-10-7-6-9(24(29)30)8-11(10)33-18/h6-8,12,23H,1-5H3,(H,20,21,26)/b22-13-/t12-/m0/s1. The number of nitro benzene ring substituents is 1. The van der Waals surface area contributed by atoms with Crippen molar-refractivity contribution in [3.63, 3.8) is 0 Å². The maximum Gasteiger partial charge on any atom is 0.355 e. The highest BCUT2D eigenvalue weighted by Crippen LogP contribution is 2.29. The molecule has 0 unspecified atom stereocenters. The molecule has 0 saturated carbocycles. The number of ether oxygens (including phenoxy) is 2. The number of carbonyl (C=O) groups is 4. The molecule has 2 N–H and O–H groups in total. The van der Waals surface area contributed by atoms with Gasteiger partial charge in [-0.25, -0.2) is 9.78 Å². The molecule has 0 aliphatic carbocycles. The van der Waals surface area contributed by atoms with Crippen LogP contribution in [-0.2, 0) is 28.7 Å². The summed E-state index contributed by atoms with van der Waals surface area (Å²) in [6, 6.07) is 3.90. The number of carbonyl (C=O) groups excluding carboxylic acids is 4. The number of hydrogen-bond acceptors (Lipinski definition) is 12. The van der Waals surface area contributed by atoms with Crippen molar-refractivity contribution in [3.8, 4) is 0 Å². The van der Waals surface area contributed by atoms with Crippen LogP contribution in [0.5, 0.6) is 0 Å². The van der Waals surface area contributed by atoms with Gasteiger partial charge in [0, 0.05) is 17.7 Å². The third kappa shape index (κ3) is 6.29. The van der Waals surface area contributed by atoms with Crippen molar-refractivity contribution in [2.24, 2.45) is 11.0 Å². The van der Waals surface area contributed by atoms with E-state index in [1.54, 1.807) is 20.8 Å². The number of esters is 2. The van der Waals surface area contributed by atoms with Gasteiger partial charge in [0.15, 0.2) is 16.8 Å². The fraction of sp³-hybridized carbons (Fsp3) is 0.368. The first-order chi connectivity index (χ1) is 15.4. The summed E-state index contributed by atoms with van der Waals surface area (Å²) in [5, 5.41) is 16.9. The summed E-state index contributed by atoms with van der Waals surface area (Å²) in [5.41, 5.74) is 1.47. The summed E-state index contributed by atoms with van der Waals surface area (Å²) >= 11 is 0.883. The molecule has 0 saturated heterocycles. The zero-order valence-corrected chi connectivity index (χ0v) is 19.1. The van der Waals surface area contributed by atoms with Crippen molar-refractivity contribution in [3.05, 3.63) is 28.3 Å². The Morgan fingerprint density at radius 2 is 1.85 bits per heavy atom. The highest BCUT2D eigenvalue weighted by atomic mass is 32.1. The number of ketones is 1. The van der Waals surface area contributed by atoms with Gasteiger partial charge in [0.05, 0.1) is 29.4 Å². The van der Waals surface area contributed by atoms with E-state index in [-0.39, 0.29) is 10.8 Å². The number of non-ortho nitro benzene ring substituents is 1. The van der Waals surface area contributed by atoms with E-state index in [0.29, 0.717) is 10.2 Å². The number of aromatic nitrogens is 1. The molecule has 176 valence electrons. The second-order valence-electron chi connectivity index (χ2n) is 7.55. The van der Waals surface area contributed by atoms with Crippen LogP contribution in [0.4, 0.5) is 10.8 Å². The molecule has 1 aromatic carbocycles. The number of amides is 1. The minimum Gasteiger partial charge on any atom is -0.468 e. The van der Waals surface area contributed by atoms with Crippen LogP contribution < -0.4 is 10.7 Å². The van der Waals surface area contributed by atoms with Gasteiger partial charge >= 0.3 is 11.9 Å². The van der Waals surface area contributed by atoms with Crippen molar-refractivity contribution in [1.82, 2.24) is 10.4 Å². The molecule has 0 radical (unpaired) electrons. The molecule has 1 aromatic heterocycles. The number of nitro groups is 1. The lowest BCUT2D eigenvalue weighted by Crippen LogP contribution is -2.45. The second kappa shape index (κ2) is 10.1. The molecule has 0 spiro atoms. The maximum absolute atomic E-state index is 12.9. The molecular formula is C19H21N5O8S. The van der Waals surface area contributed by atoms with Gasteiger partial charge in [0.1, 0.15) is 0 Å². The molecule has 0 aliphatic rings. The lowest BCUT2D eigenvalue weighted by atomic mass is 9.97. The van der Waals surface area contributed by atoms with Gasteiger partial charge in [0.2, 0.25) is 5.78 Å². The minimum absolute atomic E-state index is 0.0446. The van der Waals surface area contributed by atoms with Crippen molar-refractivity contribution in [2.75, 3.05) is 19.5 Å². The van der Waals surface area contributed by atoms with Crippen LogP contribution in [0.3, 0.4) is 0 Å². The van der Waals surface area contributed by atoms with Gasteiger partial charge in [-0.05, 0) is 26.8 Å². The molecular weight excluding hydrogens is 458 g/mol. The average molecular weight is 479 g/mol. The zero-order chi connectivity index (χ0) is 24.9. The average Bonchev–Trinajstić information content (AvgIpc) is 3.15. The Bertz CT molecular complexity index is 1150. The first-order valence-corrected chi connectivity index (χ1v) is 10.1. The van der Waals surface area contributed by atoms with Crippen LogP contribution in [0.15, 0.2) is 23.3 Å². The first kappa shape index (κ1) is 25.3. The van der Waals surface area contributed by atoms with Crippen LogP contribution in [-0.4, -0.2) is 59.0 Å². The molecule has 1 heterocycles. The molecule has 1 atom stereocenters. The van der Waals surface area contributed by atoms with E-state index < -0.39 is 45.7 Å². The monoisotopic (exact) mass is 479 g/mol. The smallest absolute Gasteiger partial charge is 0.355 e. The van der Waals surface area contributed by atoms with Gasteiger partial charge in [-0.15, -0.1) is 0 Å². The fourth-order valence-electron chi connectivity index (χ4n) is 2.39. The summed E-state index contributed by atoms with van der Waals surface area (Å²) in [5.74, 6) is -6.93. The maximum atomic E-state index is 12.9. The highest BCUT2D eigenvalue weighted by molar-refractivity contribution is 7.22. The lowest BCUT2D eigenvalue weighted by molar-refractivity contribution is -0.384. The van der Waals surface area contributed by atoms with Gasteiger partial charge in [-0.2, -0.15) is 5.10 Å². The number of rotatable bonds is 8. The number of benzene rings is 1. The number of hydrazone groups is 1. The molecule has 0 fully saturated rings. The largest absolute Gasteiger partial charge is 0.468 e. The zero-order valence-electron chi connectivity index (χ0n) is 18.3. The van der Waals surface area contributed by atoms with Crippen LogP contribution in [0.1, 0.15) is 20.8 Å². The van der Waals surface area contributed by atoms with Crippen molar-refractivity contribution < 1.29 is 33.6 Å². The molecule has 0 aliphatic heterocycles. The van der Waals surface area contributed by atoms with E-state index in [0.717, 1.165) is 25.6 Å². The molecule has 14 heteroatoms. The number of methoxy groups -OCH3 is 2. The van der Waals surface area contributed by atoms with Crippen molar-refractivity contribution >= 4 is 61.7 Å². The van der Waals surface area contributed by atoms with E-state index in [4.69, 9.17) is 0 Å². The number of hydrogen-bond donors (Lipinski definition) is 2. The van der Waals surface area contributed by atoms with Crippen molar-refractivity contribution in [2.45, 2.75) is 26.3 Å². The number of fused-ring (bicyclic) bond motifs is 1. The first-order valence-electron chi connectivity index (χ1n) is 9.29. The molecule has 1 amide bonds. The summed E-state index contributed by atoms with van der Waals surface area (Å²) in [6.45, 7) is 5.14. The predicted molar refractivity (Wildman–Crippen MR) is 118 cm³/mol. The Morgan fingerprint density at radius 3 is 2.39 bits per heavy atom. The number of anilines is 1. The highest BCUT2D eigenvalue weighted by Gasteiger charge is 2.41. The number of thiazole rings is 1. The summed E-state index contributed by atoms with van der Waals surface area (Å²) in [7, 11) is 2.00. The Morgan fingerprint density at radius 1 is 1.18 bits per heavy atom. The quantitative estimate of drug-likeness (QED) is 0.140. The fourth-order valence-corrected chi connectivity index (χ4v) is 3.29. The molecule has 33 heavy (non-hydrogen) atoms. The van der Waals surface area contributed by atoms with Gasteiger partial charge in [-0.3, -0.25) is 29.8 Å². The Labute approximate surface area is 191 Å². The predicted octanol–water partition coefficient (Wildman–Crippen LogP) is 1.42. The van der Waals surface area contributed by atoms with Gasteiger partial charge in [-0.1, -0.05) is 11.3 Å². The van der Waals surface area contributed by atoms with Gasteiger partial charge in [0.25, 0.3) is 11.6 Å². The Kier molecular flexibility index (Phi) is 7.76. The van der Waals surface area contributed by atoms with Crippen LogP contribution in [0.2, 0.25) is 0 Å². The van der Waals surface area contributed by atoms with Gasteiger partial charge < -0.3 is 14.9 Å². The Hall–Kier alpha value is -3.94. The van der Waals surface area contributed by atoms with E-state index in [1.165, 1.54) is 18.2 Å². The summed E-state index contributed by atoms with van der Waals surface area (Å²) < 4.78 is 9.59. The lowest BCUT2D eigenvalue weighted by Gasteiger charge is -2.20. The molecule has 13 nitrogen and oxygen atoms in total. The summed E-state index contributed by atoms with van der Waals surface area (Å²) in [6.07, 6.45) is 0. The number of nitrogens with zero attached hydrogens (tertiary/aromatic N) is 3. The van der Waals surface area contributed by atoms with Crippen LogP contribution in [0, 0.1) is 16.0 Å². The normalized spacial score (nSPS) is 12.6.